The van der Waals surface area contributed by atoms with Crippen LogP contribution in [0.15, 0.2) is 18.2 Å². The molecule has 0 bridgehead atoms. The maximum atomic E-state index is 11.7. The maximum absolute atomic E-state index is 11.7. The first kappa shape index (κ1) is 10.6. The second-order valence-corrected chi connectivity index (χ2v) is 3.47. The lowest BCUT2D eigenvalue weighted by atomic mass is 9.99. The van der Waals surface area contributed by atoms with Crippen LogP contribution < -0.4 is 10.5 Å². The number of carbonyl (C=O) groups is 1. The van der Waals surface area contributed by atoms with Gasteiger partial charge >= 0.3 is 0 Å². The number of ketones is 1. The minimum Gasteiger partial charge on any atom is -0.497 e. The summed E-state index contributed by atoms with van der Waals surface area (Å²) in [7, 11) is 1.56. The highest BCUT2D eigenvalue weighted by Gasteiger charge is 2.14. The van der Waals surface area contributed by atoms with E-state index < -0.39 is 0 Å². The topological polar surface area (TPSA) is 52.3 Å². The zero-order chi connectivity index (χ0) is 10.7. The van der Waals surface area contributed by atoms with E-state index in [1.807, 2.05) is 13.8 Å². The van der Waals surface area contributed by atoms with Crippen LogP contribution in [-0.2, 0) is 0 Å². The predicted molar refractivity (Wildman–Crippen MR) is 56.6 cm³/mol. The van der Waals surface area contributed by atoms with Crippen LogP contribution in [-0.4, -0.2) is 12.9 Å². The van der Waals surface area contributed by atoms with Crippen molar-refractivity contribution in [3.05, 3.63) is 23.8 Å². The second-order valence-electron chi connectivity index (χ2n) is 3.47. The lowest BCUT2D eigenvalue weighted by Crippen LogP contribution is -2.10. The lowest BCUT2D eigenvalue weighted by molar-refractivity contribution is 0.0940. The van der Waals surface area contributed by atoms with Crippen molar-refractivity contribution in [2.45, 2.75) is 13.8 Å². The molecule has 0 saturated carbocycles. The molecule has 0 amide bonds. The third-order valence-electron chi connectivity index (χ3n) is 2.05. The van der Waals surface area contributed by atoms with Gasteiger partial charge < -0.3 is 10.5 Å². The monoisotopic (exact) mass is 193 g/mol. The Morgan fingerprint density at radius 2 is 2.07 bits per heavy atom. The lowest BCUT2D eigenvalue weighted by Gasteiger charge is -2.09. The van der Waals surface area contributed by atoms with Gasteiger partial charge in [0.15, 0.2) is 5.78 Å². The Kier molecular flexibility index (Phi) is 3.12. The van der Waals surface area contributed by atoms with Crippen molar-refractivity contribution >= 4 is 11.5 Å². The van der Waals surface area contributed by atoms with E-state index in [9.17, 15) is 4.79 Å². The third kappa shape index (κ3) is 2.05. The summed E-state index contributed by atoms with van der Waals surface area (Å²) in [6, 6.07) is 5.11. The standard InChI is InChI=1S/C11H15NO2/c1-7(2)11(13)9-6-8(14-3)4-5-10(9)12/h4-7H,12H2,1-3H3. The van der Waals surface area contributed by atoms with Crippen molar-refractivity contribution in [1.29, 1.82) is 0 Å². The highest BCUT2D eigenvalue weighted by Crippen LogP contribution is 2.22. The molecule has 0 aliphatic heterocycles. The summed E-state index contributed by atoms with van der Waals surface area (Å²) in [6.07, 6.45) is 0. The molecule has 76 valence electrons. The number of benzene rings is 1. The normalized spacial score (nSPS) is 10.3. The van der Waals surface area contributed by atoms with Crippen LogP contribution in [0.25, 0.3) is 0 Å². The Morgan fingerprint density at radius 1 is 1.43 bits per heavy atom. The van der Waals surface area contributed by atoms with Crippen molar-refractivity contribution in [3.63, 3.8) is 0 Å². The fourth-order valence-corrected chi connectivity index (χ4v) is 1.19. The molecule has 14 heavy (non-hydrogen) atoms. The van der Waals surface area contributed by atoms with E-state index in [2.05, 4.69) is 0 Å². The van der Waals surface area contributed by atoms with Crippen molar-refractivity contribution in [1.82, 2.24) is 0 Å². The average Bonchev–Trinajstić information content (AvgIpc) is 2.17. The highest BCUT2D eigenvalue weighted by molar-refractivity contribution is 6.02. The van der Waals surface area contributed by atoms with Crippen molar-refractivity contribution in [2.75, 3.05) is 12.8 Å². The molecule has 0 aliphatic rings. The van der Waals surface area contributed by atoms with Gasteiger partial charge in [-0.05, 0) is 18.2 Å². The fraction of sp³-hybridized carbons (Fsp3) is 0.364. The van der Waals surface area contributed by atoms with E-state index in [1.165, 1.54) is 0 Å². The molecule has 2 N–H and O–H groups in total. The molecule has 1 rings (SSSR count). The molecule has 0 radical (unpaired) electrons. The number of carbonyl (C=O) groups excluding carboxylic acids is 1. The molecular formula is C11H15NO2. The SMILES string of the molecule is COc1ccc(N)c(C(=O)C(C)C)c1. The summed E-state index contributed by atoms with van der Waals surface area (Å²) < 4.78 is 5.03. The van der Waals surface area contributed by atoms with E-state index in [0.717, 1.165) is 0 Å². The molecule has 0 spiro atoms. The van der Waals surface area contributed by atoms with Gasteiger partial charge in [0.05, 0.1) is 7.11 Å². The van der Waals surface area contributed by atoms with Gasteiger partial charge in [-0.15, -0.1) is 0 Å². The molecule has 0 unspecified atom stereocenters. The minimum absolute atomic E-state index is 0.0430. The Hall–Kier alpha value is -1.51. The number of ether oxygens (including phenoxy) is 1. The quantitative estimate of drug-likeness (QED) is 0.591. The molecule has 0 aliphatic carbocycles. The van der Waals surface area contributed by atoms with Gasteiger partial charge in [-0.3, -0.25) is 4.79 Å². The Morgan fingerprint density at radius 3 is 2.57 bits per heavy atom. The zero-order valence-corrected chi connectivity index (χ0v) is 8.70. The maximum Gasteiger partial charge on any atom is 0.167 e. The van der Waals surface area contributed by atoms with E-state index in [4.69, 9.17) is 10.5 Å². The largest absolute Gasteiger partial charge is 0.497 e. The number of nitrogens with two attached hydrogens (primary N) is 1. The average molecular weight is 193 g/mol. The molecule has 0 heterocycles. The van der Waals surface area contributed by atoms with Gasteiger partial charge in [0.2, 0.25) is 0 Å². The Bertz CT molecular complexity index is 345. The molecule has 3 nitrogen and oxygen atoms in total. The Labute approximate surface area is 83.9 Å². The summed E-state index contributed by atoms with van der Waals surface area (Å²) in [5.74, 6) is 0.647. The van der Waals surface area contributed by atoms with Crippen molar-refractivity contribution < 1.29 is 9.53 Å². The zero-order valence-electron chi connectivity index (χ0n) is 8.70. The van der Waals surface area contributed by atoms with Gasteiger partial charge in [0, 0.05) is 17.2 Å². The smallest absolute Gasteiger partial charge is 0.167 e. The Balaban J connectivity index is 3.12. The van der Waals surface area contributed by atoms with Crippen LogP contribution in [0.1, 0.15) is 24.2 Å². The molecule has 0 saturated heterocycles. The van der Waals surface area contributed by atoms with Gasteiger partial charge in [-0.2, -0.15) is 0 Å². The molecule has 1 aromatic rings. The van der Waals surface area contributed by atoms with E-state index in [-0.39, 0.29) is 11.7 Å². The summed E-state index contributed by atoms with van der Waals surface area (Å²) in [6.45, 7) is 3.70. The minimum atomic E-state index is -0.0515. The molecule has 0 fully saturated rings. The number of methoxy groups -OCH3 is 1. The number of anilines is 1. The van der Waals surface area contributed by atoms with Gasteiger partial charge in [0.1, 0.15) is 5.75 Å². The summed E-state index contributed by atoms with van der Waals surface area (Å²) in [5, 5.41) is 0. The van der Waals surface area contributed by atoms with Crippen LogP contribution in [0.4, 0.5) is 5.69 Å². The summed E-state index contributed by atoms with van der Waals surface area (Å²) in [4.78, 5) is 11.7. The van der Waals surface area contributed by atoms with Gasteiger partial charge in [0.25, 0.3) is 0 Å². The van der Waals surface area contributed by atoms with Crippen LogP contribution in [0, 0.1) is 5.92 Å². The first-order valence-electron chi connectivity index (χ1n) is 4.54. The van der Waals surface area contributed by atoms with Gasteiger partial charge in [-0.1, -0.05) is 13.8 Å². The van der Waals surface area contributed by atoms with Crippen LogP contribution in [0.3, 0.4) is 0 Å². The molecule has 0 aromatic heterocycles. The van der Waals surface area contributed by atoms with Gasteiger partial charge in [-0.25, -0.2) is 0 Å². The first-order valence-corrected chi connectivity index (χ1v) is 4.54. The third-order valence-corrected chi connectivity index (χ3v) is 2.05. The van der Waals surface area contributed by atoms with Crippen LogP contribution >= 0.6 is 0 Å². The fourth-order valence-electron chi connectivity index (χ4n) is 1.19. The highest BCUT2D eigenvalue weighted by atomic mass is 16.5. The predicted octanol–water partition coefficient (Wildman–Crippen LogP) is 2.12. The number of hydrogen-bond donors (Lipinski definition) is 1. The van der Waals surface area contributed by atoms with E-state index >= 15 is 0 Å². The number of nitrogen functional groups attached to an aromatic ring is 1. The number of hydrogen-bond acceptors (Lipinski definition) is 3. The molecule has 3 heteroatoms. The number of Topliss-reactive ketones (excluding diaryl/α,β-unsaturated/α-hetero) is 1. The van der Waals surface area contributed by atoms with E-state index in [1.54, 1.807) is 25.3 Å². The van der Waals surface area contributed by atoms with E-state index in [0.29, 0.717) is 17.0 Å². The second kappa shape index (κ2) is 4.13. The molecular weight excluding hydrogens is 178 g/mol. The number of rotatable bonds is 3. The van der Waals surface area contributed by atoms with Crippen LogP contribution in [0.2, 0.25) is 0 Å². The molecule has 0 atom stereocenters. The van der Waals surface area contributed by atoms with Crippen molar-refractivity contribution in [2.24, 2.45) is 5.92 Å². The van der Waals surface area contributed by atoms with Crippen LogP contribution in [0.5, 0.6) is 5.75 Å². The summed E-state index contributed by atoms with van der Waals surface area (Å²) >= 11 is 0. The first-order chi connectivity index (χ1) is 6.56. The summed E-state index contributed by atoms with van der Waals surface area (Å²) in [5.41, 5.74) is 6.75. The van der Waals surface area contributed by atoms with Crippen molar-refractivity contribution in [3.8, 4) is 5.75 Å². The molecule has 1 aromatic carbocycles.